The van der Waals surface area contributed by atoms with Crippen LogP contribution < -0.4 is 10.1 Å². The topological polar surface area (TPSA) is 59.1 Å². The van der Waals surface area contributed by atoms with E-state index < -0.39 is 0 Å². The van der Waals surface area contributed by atoms with Crippen LogP contribution in [0.25, 0.3) is 49.4 Å². The lowest BCUT2D eigenvalue weighted by Crippen LogP contribution is -2.37. The Morgan fingerprint density at radius 3 is 2.45 bits per heavy atom. The number of furan rings is 1. The molecule has 4 atom stereocenters. The summed E-state index contributed by atoms with van der Waals surface area (Å²) in [5, 5.41) is 8.43. The van der Waals surface area contributed by atoms with Gasteiger partial charge in [-0.2, -0.15) is 0 Å². The number of rotatable bonds is 4. The highest BCUT2D eigenvalue weighted by Crippen LogP contribution is 2.46. The van der Waals surface area contributed by atoms with Crippen molar-refractivity contribution in [1.82, 2.24) is 5.32 Å². The fourth-order valence-corrected chi connectivity index (χ4v) is 9.44. The van der Waals surface area contributed by atoms with Gasteiger partial charge in [0.2, 0.25) is 0 Å². The van der Waals surface area contributed by atoms with E-state index in [2.05, 4.69) is 163 Å². The zero-order chi connectivity index (χ0) is 36.7. The monoisotopic (exact) mass is 723 g/mol. The van der Waals surface area contributed by atoms with Crippen molar-refractivity contribution in [3.05, 3.63) is 191 Å². The van der Waals surface area contributed by atoms with Crippen LogP contribution in [0, 0.1) is 5.92 Å². The van der Waals surface area contributed by atoms with Crippen LogP contribution in [0.5, 0.6) is 5.75 Å². The van der Waals surface area contributed by atoms with Crippen LogP contribution in [0.2, 0.25) is 0 Å². The lowest BCUT2D eigenvalue weighted by molar-refractivity contribution is 0.269. The summed E-state index contributed by atoms with van der Waals surface area (Å²) in [5.74, 6) is 2.74. The summed E-state index contributed by atoms with van der Waals surface area (Å²) in [6.07, 6.45) is 18.1. The highest BCUT2D eigenvalue weighted by molar-refractivity contribution is 6.11. The fourth-order valence-electron chi connectivity index (χ4n) is 9.44. The van der Waals surface area contributed by atoms with Crippen molar-refractivity contribution in [1.29, 1.82) is 0 Å². The standard InChI is InChI=1S/C51H37N3O2/c1-2-10-31(11-3-1)49-52-50(37-20-22-39-36(25-37)18-17-30-9-6-7-14-38(30)39)54-51(53-49)41-15-8-16-45-48(41)43-27-34(21-24-44(43)55-45)35-19-23-40-42-26-32-12-4-5-13-33(32)28-47(42)56-46(40)29-35/h1-10,12-16,19-29,31,43-44,50H,11,17-18H2,(H,52,53,54). The molecule has 0 spiro atoms. The van der Waals surface area contributed by atoms with Gasteiger partial charge >= 0.3 is 0 Å². The second-order valence-corrected chi connectivity index (χ2v) is 15.5. The zero-order valence-corrected chi connectivity index (χ0v) is 30.7. The zero-order valence-electron chi connectivity index (χ0n) is 30.7. The maximum Gasteiger partial charge on any atom is 0.159 e. The molecule has 0 radical (unpaired) electrons. The summed E-state index contributed by atoms with van der Waals surface area (Å²) < 4.78 is 13.1. The van der Waals surface area contributed by atoms with Crippen LogP contribution in [0.15, 0.2) is 172 Å². The first kappa shape index (κ1) is 31.6. The molecule has 5 heteroatoms. The van der Waals surface area contributed by atoms with Gasteiger partial charge in [-0.15, -0.1) is 0 Å². The molecule has 3 heterocycles. The predicted molar refractivity (Wildman–Crippen MR) is 227 cm³/mol. The van der Waals surface area contributed by atoms with Crippen molar-refractivity contribution in [2.45, 2.75) is 37.5 Å². The van der Waals surface area contributed by atoms with E-state index in [1.54, 1.807) is 0 Å². The van der Waals surface area contributed by atoms with Gasteiger partial charge in [-0.1, -0.05) is 121 Å². The molecule has 0 amide bonds. The van der Waals surface area contributed by atoms with E-state index in [1.807, 2.05) is 0 Å². The fraction of sp³-hybridized carbons (Fsp3) is 0.137. The number of aryl methyl sites for hydroxylation is 2. The summed E-state index contributed by atoms with van der Waals surface area (Å²) in [7, 11) is 0. The number of nitrogens with one attached hydrogen (secondary N) is 1. The molecule has 0 bridgehead atoms. The van der Waals surface area contributed by atoms with Crippen LogP contribution in [0.1, 0.15) is 51.9 Å². The first-order valence-electron chi connectivity index (χ1n) is 19.7. The van der Waals surface area contributed by atoms with Crippen molar-refractivity contribution in [2.75, 3.05) is 0 Å². The number of allylic oxidation sites excluding steroid dienone is 5. The van der Waals surface area contributed by atoms with Gasteiger partial charge in [0.15, 0.2) is 5.84 Å². The molecule has 268 valence electrons. The van der Waals surface area contributed by atoms with E-state index in [1.165, 1.54) is 33.0 Å². The van der Waals surface area contributed by atoms with Crippen molar-refractivity contribution in [2.24, 2.45) is 15.9 Å². The Morgan fingerprint density at radius 2 is 1.52 bits per heavy atom. The van der Waals surface area contributed by atoms with Gasteiger partial charge in [0.1, 0.15) is 35.0 Å². The van der Waals surface area contributed by atoms with Crippen molar-refractivity contribution in [3.8, 4) is 16.9 Å². The summed E-state index contributed by atoms with van der Waals surface area (Å²) in [4.78, 5) is 10.7. The van der Waals surface area contributed by atoms with E-state index in [-0.39, 0.29) is 24.1 Å². The first-order valence-corrected chi connectivity index (χ1v) is 19.7. The molecule has 0 saturated heterocycles. The number of ether oxygens (including phenoxy) is 1. The lowest BCUT2D eigenvalue weighted by Gasteiger charge is -2.29. The molecule has 5 nitrogen and oxygen atoms in total. The van der Waals surface area contributed by atoms with Gasteiger partial charge in [-0.3, -0.25) is 0 Å². The highest BCUT2D eigenvalue weighted by Gasteiger charge is 2.37. The van der Waals surface area contributed by atoms with Crippen molar-refractivity contribution in [3.63, 3.8) is 0 Å². The van der Waals surface area contributed by atoms with Gasteiger partial charge in [0.05, 0.1) is 0 Å². The Morgan fingerprint density at radius 1 is 0.679 bits per heavy atom. The molecule has 12 rings (SSSR count). The third-order valence-corrected chi connectivity index (χ3v) is 12.3. The van der Waals surface area contributed by atoms with Crippen molar-refractivity contribution >= 4 is 50.0 Å². The largest absolute Gasteiger partial charge is 0.485 e. The number of hydrogen-bond acceptors (Lipinski definition) is 5. The number of fused-ring (bicyclic) bond motifs is 10. The molecule has 0 saturated carbocycles. The van der Waals surface area contributed by atoms with Gasteiger partial charge in [-0.25, -0.2) is 9.98 Å². The third-order valence-electron chi connectivity index (χ3n) is 12.3. The minimum atomic E-state index is -0.265. The molecule has 56 heavy (non-hydrogen) atoms. The van der Waals surface area contributed by atoms with Gasteiger partial charge in [0, 0.05) is 33.7 Å². The molecule has 6 aromatic carbocycles. The molecule has 0 fully saturated rings. The van der Waals surface area contributed by atoms with Gasteiger partial charge in [-0.05, 0) is 105 Å². The maximum absolute atomic E-state index is 6.63. The number of hydrogen-bond donors (Lipinski definition) is 1. The van der Waals surface area contributed by atoms with E-state index in [4.69, 9.17) is 19.1 Å². The summed E-state index contributed by atoms with van der Waals surface area (Å²) >= 11 is 0. The Hall–Kier alpha value is -6.72. The predicted octanol–water partition coefficient (Wildman–Crippen LogP) is 11.6. The molecule has 1 aromatic heterocycles. The molecule has 4 unspecified atom stereocenters. The highest BCUT2D eigenvalue weighted by atomic mass is 16.5. The van der Waals surface area contributed by atoms with Crippen LogP contribution in [0.4, 0.5) is 0 Å². The molecule has 5 aliphatic rings. The lowest BCUT2D eigenvalue weighted by atomic mass is 9.84. The first-order chi connectivity index (χ1) is 27.7. The second kappa shape index (κ2) is 12.4. The molecule has 7 aromatic rings. The van der Waals surface area contributed by atoms with Gasteiger partial charge < -0.3 is 14.5 Å². The van der Waals surface area contributed by atoms with E-state index in [0.717, 1.165) is 86.4 Å². The Kier molecular flexibility index (Phi) is 7.00. The SMILES string of the molecule is C1=CCC(C2=NC(c3cccc4c3C3C=C(c5ccc6c(c5)oc5cc7ccccc7cc56)C=CC3O4)=NC(c3ccc4c(c3)CCc3ccccc3-4)N2)C=C1. The molecular formula is C51H37N3O2. The summed E-state index contributed by atoms with van der Waals surface area (Å²) in [6.45, 7) is 0. The van der Waals surface area contributed by atoms with E-state index >= 15 is 0 Å². The maximum atomic E-state index is 6.63. The Balaban J connectivity index is 0.933. The average molecular weight is 724 g/mol. The Bertz CT molecular complexity index is 2990. The molecular weight excluding hydrogens is 687 g/mol. The quantitative estimate of drug-likeness (QED) is 0.197. The average Bonchev–Trinajstić information content (AvgIpc) is 3.82. The second-order valence-electron chi connectivity index (χ2n) is 15.5. The Labute approximate surface area is 324 Å². The minimum absolute atomic E-state index is 0.00822. The summed E-state index contributed by atoms with van der Waals surface area (Å²) in [5.41, 5.74) is 12.9. The number of aliphatic imine (C=N–C) groups is 2. The van der Waals surface area contributed by atoms with Crippen LogP contribution >= 0.6 is 0 Å². The normalized spacial score (nSPS) is 21.8. The number of amidine groups is 2. The van der Waals surface area contributed by atoms with E-state index in [0.29, 0.717) is 0 Å². The van der Waals surface area contributed by atoms with Crippen LogP contribution in [-0.2, 0) is 12.8 Å². The third kappa shape index (κ3) is 5.07. The van der Waals surface area contributed by atoms with E-state index in [9.17, 15) is 0 Å². The molecule has 2 aliphatic heterocycles. The summed E-state index contributed by atoms with van der Waals surface area (Å²) in [6, 6.07) is 41.5. The number of benzene rings is 6. The molecule has 1 N–H and O–H groups in total. The minimum Gasteiger partial charge on any atom is -0.485 e. The number of nitrogens with zero attached hydrogens (tertiary/aromatic N) is 2. The smallest absolute Gasteiger partial charge is 0.159 e. The van der Waals surface area contributed by atoms with Gasteiger partial charge in [0.25, 0.3) is 0 Å². The van der Waals surface area contributed by atoms with Crippen LogP contribution in [-0.4, -0.2) is 17.8 Å². The molecule has 3 aliphatic carbocycles. The van der Waals surface area contributed by atoms with Crippen molar-refractivity contribution < 1.29 is 9.15 Å². The van der Waals surface area contributed by atoms with Crippen LogP contribution in [0.3, 0.4) is 0 Å².